The molecular weight excluding hydrogens is 238 g/mol. The van der Waals surface area contributed by atoms with Crippen LogP contribution in [0, 0.1) is 11.8 Å². The van der Waals surface area contributed by atoms with Crippen molar-refractivity contribution in [2.75, 3.05) is 25.0 Å². The van der Waals surface area contributed by atoms with E-state index in [4.69, 9.17) is 0 Å². The van der Waals surface area contributed by atoms with Crippen molar-refractivity contribution < 1.29 is 4.79 Å². The van der Waals surface area contributed by atoms with Crippen LogP contribution in [0.2, 0.25) is 0 Å². The van der Waals surface area contributed by atoms with Gasteiger partial charge in [0, 0.05) is 25.8 Å². The Labute approximate surface area is 115 Å². The minimum atomic E-state index is 0.0998. The topological polar surface area (TPSA) is 45.2 Å². The average Bonchev–Trinajstić information content (AvgIpc) is 2.42. The zero-order valence-electron chi connectivity index (χ0n) is 12.0. The molecule has 4 heteroatoms. The highest BCUT2D eigenvalue weighted by molar-refractivity contribution is 5.98. The van der Waals surface area contributed by atoms with Crippen LogP contribution in [0.3, 0.4) is 0 Å². The average molecular weight is 261 g/mol. The molecule has 1 aromatic heterocycles. The highest BCUT2D eigenvalue weighted by Crippen LogP contribution is 2.24. The van der Waals surface area contributed by atoms with Crippen LogP contribution in [0.4, 0.5) is 5.82 Å². The van der Waals surface area contributed by atoms with Gasteiger partial charge in [0.2, 0.25) is 0 Å². The van der Waals surface area contributed by atoms with E-state index in [1.54, 1.807) is 6.20 Å². The smallest absolute Gasteiger partial charge is 0.257 e. The number of rotatable bonds is 3. The molecule has 2 heterocycles. The van der Waals surface area contributed by atoms with Gasteiger partial charge in [0.15, 0.2) is 0 Å². The summed E-state index contributed by atoms with van der Waals surface area (Å²) in [5, 5.41) is 3.16. The summed E-state index contributed by atoms with van der Waals surface area (Å²) in [7, 11) is 0. The molecule has 0 aromatic carbocycles. The van der Waals surface area contributed by atoms with Gasteiger partial charge < -0.3 is 10.2 Å². The quantitative estimate of drug-likeness (QED) is 0.909. The Bertz CT molecular complexity index is 447. The van der Waals surface area contributed by atoms with Crippen molar-refractivity contribution in [2.45, 2.75) is 27.2 Å². The van der Waals surface area contributed by atoms with Crippen LogP contribution >= 0.6 is 0 Å². The number of likely N-dealkylation sites (tertiary alicyclic amines) is 1. The van der Waals surface area contributed by atoms with E-state index in [1.807, 2.05) is 24.0 Å². The van der Waals surface area contributed by atoms with Gasteiger partial charge in [-0.15, -0.1) is 0 Å². The molecular formula is C15H23N3O. The lowest BCUT2D eigenvalue weighted by atomic mass is 9.88. The first-order valence-electron chi connectivity index (χ1n) is 7.11. The van der Waals surface area contributed by atoms with Crippen LogP contribution in [0.25, 0.3) is 0 Å². The second-order valence-electron chi connectivity index (χ2n) is 5.42. The molecule has 1 aliphatic rings. The van der Waals surface area contributed by atoms with Crippen LogP contribution in [0.5, 0.6) is 0 Å². The summed E-state index contributed by atoms with van der Waals surface area (Å²) in [5.74, 6) is 2.06. The van der Waals surface area contributed by atoms with Crippen molar-refractivity contribution in [1.82, 2.24) is 9.88 Å². The molecule has 104 valence electrons. The van der Waals surface area contributed by atoms with Gasteiger partial charge in [-0.05, 0) is 37.3 Å². The van der Waals surface area contributed by atoms with Crippen LogP contribution in [-0.2, 0) is 0 Å². The Morgan fingerprint density at radius 2 is 2.26 bits per heavy atom. The Morgan fingerprint density at radius 3 is 2.95 bits per heavy atom. The van der Waals surface area contributed by atoms with Gasteiger partial charge in [-0.3, -0.25) is 4.79 Å². The Kier molecular flexibility index (Phi) is 4.40. The van der Waals surface area contributed by atoms with Crippen molar-refractivity contribution in [3.05, 3.63) is 23.9 Å². The normalized spacial score (nSPS) is 23.2. The summed E-state index contributed by atoms with van der Waals surface area (Å²) in [5.41, 5.74) is 0.686. The first-order valence-corrected chi connectivity index (χ1v) is 7.11. The Hall–Kier alpha value is -1.58. The Morgan fingerprint density at radius 1 is 1.47 bits per heavy atom. The molecule has 1 aliphatic heterocycles. The van der Waals surface area contributed by atoms with Crippen molar-refractivity contribution in [3.8, 4) is 0 Å². The molecule has 1 N–H and O–H groups in total. The molecule has 4 nitrogen and oxygen atoms in total. The predicted octanol–water partition coefficient (Wildman–Crippen LogP) is 2.63. The third-order valence-electron chi connectivity index (χ3n) is 4.00. The Balaban J connectivity index is 2.15. The maximum absolute atomic E-state index is 12.6. The van der Waals surface area contributed by atoms with Crippen molar-refractivity contribution in [3.63, 3.8) is 0 Å². The predicted molar refractivity (Wildman–Crippen MR) is 77.2 cm³/mol. The van der Waals surface area contributed by atoms with Gasteiger partial charge in [-0.25, -0.2) is 4.98 Å². The summed E-state index contributed by atoms with van der Waals surface area (Å²) in [4.78, 5) is 18.8. The molecule has 19 heavy (non-hydrogen) atoms. The third-order valence-corrected chi connectivity index (χ3v) is 4.00. The van der Waals surface area contributed by atoms with Crippen molar-refractivity contribution in [1.29, 1.82) is 0 Å². The highest BCUT2D eigenvalue weighted by atomic mass is 16.2. The molecule has 0 spiro atoms. The molecule has 2 atom stereocenters. The van der Waals surface area contributed by atoms with Crippen LogP contribution in [0.15, 0.2) is 18.3 Å². The number of anilines is 1. The zero-order chi connectivity index (χ0) is 13.8. The monoisotopic (exact) mass is 261 g/mol. The third kappa shape index (κ3) is 3.06. The fourth-order valence-electron chi connectivity index (χ4n) is 2.50. The molecule has 1 saturated heterocycles. The number of hydrogen-bond acceptors (Lipinski definition) is 3. The minimum absolute atomic E-state index is 0.0998. The van der Waals surface area contributed by atoms with Gasteiger partial charge in [-0.2, -0.15) is 0 Å². The molecule has 1 fully saturated rings. The van der Waals surface area contributed by atoms with Crippen LogP contribution in [0.1, 0.15) is 37.6 Å². The number of nitrogens with zero attached hydrogens (tertiary/aromatic N) is 2. The summed E-state index contributed by atoms with van der Waals surface area (Å²) in [6.07, 6.45) is 2.80. The van der Waals surface area contributed by atoms with E-state index in [0.717, 1.165) is 26.1 Å². The molecule has 0 radical (unpaired) electrons. The van der Waals surface area contributed by atoms with Gasteiger partial charge in [0.25, 0.3) is 5.91 Å². The number of carbonyl (C=O) groups excluding carboxylic acids is 1. The molecule has 0 bridgehead atoms. The summed E-state index contributed by atoms with van der Waals surface area (Å²) >= 11 is 0. The standard InChI is InChI=1S/C15H23N3O/c1-4-16-14-13(6-5-8-17-14)15(19)18-9-7-11(2)12(3)10-18/h5-6,8,11-12H,4,7,9-10H2,1-3H3,(H,16,17). The highest BCUT2D eigenvalue weighted by Gasteiger charge is 2.27. The van der Waals surface area contributed by atoms with Gasteiger partial charge in [-0.1, -0.05) is 13.8 Å². The zero-order valence-corrected chi connectivity index (χ0v) is 12.0. The molecule has 0 aliphatic carbocycles. The number of piperidine rings is 1. The van der Waals surface area contributed by atoms with Crippen LogP contribution in [-0.4, -0.2) is 35.4 Å². The van der Waals surface area contributed by atoms with Gasteiger partial charge >= 0.3 is 0 Å². The summed E-state index contributed by atoms with van der Waals surface area (Å²) in [6, 6.07) is 3.68. The number of pyridine rings is 1. The van der Waals surface area contributed by atoms with E-state index < -0.39 is 0 Å². The summed E-state index contributed by atoms with van der Waals surface area (Å²) in [6.45, 7) is 8.96. The van der Waals surface area contributed by atoms with Crippen molar-refractivity contribution >= 4 is 11.7 Å². The number of aromatic nitrogens is 1. The van der Waals surface area contributed by atoms with E-state index in [1.165, 1.54) is 0 Å². The number of hydrogen-bond donors (Lipinski definition) is 1. The van der Waals surface area contributed by atoms with Gasteiger partial charge in [0.1, 0.15) is 5.82 Å². The maximum Gasteiger partial charge on any atom is 0.257 e. The van der Waals surface area contributed by atoms with Gasteiger partial charge in [0.05, 0.1) is 5.56 Å². The molecule has 0 saturated carbocycles. The lowest BCUT2D eigenvalue weighted by Gasteiger charge is -2.35. The first kappa shape index (κ1) is 13.8. The molecule has 2 rings (SSSR count). The number of carbonyl (C=O) groups is 1. The minimum Gasteiger partial charge on any atom is -0.370 e. The summed E-state index contributed by atoms with van der Waals surface area (Å²) < 4.78 is 0. The lowest BCUT2D eigenvalue weighted by Crippen LogP contribution is -2.42. The second kappa shape index (κ2) is 6.04. The molecule has 1 amide bonds. The number of nitrogens with one attached hydrogen (secondary N) is 1. The van der Waals surface area contributed by atoms with E-state index in [2.05, 4.69) is 24.1 Å². The largest absolute Gasteiger partial charge is 0.370 e. The maximum atomic E-state index is 12.6. The molecule has 1 aromatic rings. The van der Waals surface area contributed by atoms with Crippen molar-refractivity contribution in [2.24, 2.45) is 11.8 Å². The van der Waals surface area contributed by atoms with E-state index in [-0.39, 0.29) is 5.91 Å². The fraction of sp³-hybridized carbons (Fsp3) is 0.600. The lowest BCUT2D eigenvalue weighted by molar-refractivity contribution is 0.0628. The number of amides is 1. The second-order valence-corrected chi connectivity index (χ2v) is 5.42. The van der Waals surface area contributed by atoms with E-state index in [9.17, 15) is 4.79 Å². The van der Waals surface area contributed by atoms with E-state index >= 15 is 0 Å². The molecule has 2 unspecified atom stereocenters. The first-order chi connectivity index (χ1) is 9.13. The van der Waals surface area contributed by atoms with E-state index in [0.29, 0.717) is 23.2 Å². The van der Waals surface area contributed by atoms with Crippen LogP contribution < -0.4 is 5.32 Å². The fourth-order valence-corrected chi connectivity index (χ4v) is 2.50. The SMILES string of the molecule is CCNc1ncccc1C(=O)N1CCC(C)C(C)C1.